The zero-order valence-electron chi connectivity index (χ0n) is 11.0. The summed E-state index contributed by atoms with van der Waals surface area (Å²) in [5, 5.41) is 18.2. The van der Waals surface area contributed by atoms with Crippen LogP contribution in [0.4, 0.5) is 0 Å². The van der Waals surface area contributed by atoms with Crippen LogP contribution in [0.1, 0.15) is 27.4 Å². The van der Waals surface area contributed by atoms with Gasteiger partial charge in [-0.25, -0.2) is 4.79 Å². The molecule has 1 unspecified atom stereocenters. The van der Waals surface area contributed by atoms with Crippen molar-refractivity contribution in [3.63, 3.8) is 0 Å². The molecule has 5 heteroatoms. The zero-order valence-corrected chi connectivity index (χ0v) is 12.6. The van der Waals surface area contributed by atoms with E-state index in [4.69, 9.17) is 5.11 Å². The van der Waals surface area contributed by atoms with Crippen molar-refractivity contribution in [2.24, 2.45) is 0 Å². The Kier molecular flexibility index (Phi) is 4.75. The highest BCUT2D eigenvalue weighted by atomic mass is 79.9. The average molecular weight is 349 g/mol. The van der Waals surface area contributed by atoms with Gasteiger partial charge in [-0.3, -0.25) is 4.79 Å². The van der Waals surface area contributed by atoms with E-state index >= 15 is 0 Å². The van der Waals surface area contributed by atoms with Crippen molar-refractivity contribution in [3.8, 4) is 0 Å². The van der Waals surface area contributed by atoms with Crippen LogP contribution in [0, 0.1) is 0 Å². The van der Waals surface area contributed by atoms with Crippen molar-refractivity contribution in [2.45, 2.75) is 12.3 Å². The molecular weight excluding hydrogens is 336 g/mol. The Labute approximate surface area is 130 Å². The number of benzene rings is 2. The lowest BCUT2D eigenvalue weighted by molar-refractivity contribution is -0.138. The fourth-order valence-corrected chi connectivity index (χ4v) is 2.33. The van der Waals surface area contributed by atoms with E-state index < -0.39 is 17.9 Å². The van der Waals surface area contributed by atoms with E-state index in [1.54, 1.807) is 36.4 Å². The molecule has 0 bridgehead atoms. The van der Waals surface area contributed by atoms with Gasteiger partial charge in [0.05, 0.1) is 11.5 Å². The number of aliphatic carboxylic acids is 1. The zero-order chi connectivity index (χ0) is 15.4. The number of carbonyl (C=O) groups is 2. The average Bonchev–Trinajstić information content (AvgIpc) is 2.46. The maximum atomic E-state index is 11.5. The Morgan fingerprint density at radius 3 is 2.00 bits per heavy atom. The molecule has 21 heavy (non-hydrogen) atoms. The summed E-state index contributed by atoms with van der Waals surface area (Å²) in [6.45, 7) is 0. The Morgan fingerprint density at radius 1 is 0.952 bits per heavy atom. The van der Waals surface area contributed by atoms with Gasteiger partial charge in [-0.1, -0.05) is 40.2 Å². The molecule has 0 saturated carbocycles. The van der Waals surface area contributed by atoms with Gasteiger partial charge in [0.2, 0.25) is 0 Å². The largest absolute Gasteiger partial charge is 0.481 e. The molecule has 0 radical (unpaired) electrons. The summed E-state index contributed by atoms with van der Waals surface area (Å²) in [5.74, 6) is -2.56. The highest BCUT2D eigenvalue weighted by Gasteiger charge is 2.20. The summed E-state index contributed by atoms with van der Waals surface area (Å²) in [5.41, 5.74) is 1.69. The maximum Gasteiger partial charge on any atom is 0.335 e. The SMILES string of the molecule is O=C(O)c1ccc(CC(C(=O)O)c2ccc(Br)cc2)cc1. The minimum atomic E-state index is -0.996. The number of rotatable bonds is 5. The molecule has 4 nitrogen and oxygen atoms in total. The Hall–Kier alpha value is -2.14. The Balaban J connectivity index is 2.22. The van der Waals surface area contributed by atoms with E-state index in [2.05, 4.69) is 15.9 Å². The lowest BCUT2D eigenvalue weighted by Gasteiger charge is -2.13. The third kappa shape index (κ3) is 3.92. The van der Waals surface area contributed by atoms with Crippen molar-refractivity contribution in [1.82, 2.24) is 0 Å². The van der Waals surface area contributed by atoms with Crippen molar-refractivity contribution in [1.29, 1.82) is 0 Å². The topological polar surface area (TPSA) is 74.6 Å². The summed E-state index contributed by atoms with van der Waals surface area (Å²) in [7, 11) is 0. The second-order valence-corrected chi connectivity index (χ2v) is 5.56. The molecule has 0 fully saturated rings. The van der Waals surface area contributed by atoms with Gasteiger partial charge in [-0.15, -0.1) is 0 Å². The lowest BCUT2D eigenvalue weighted by Crippen LogP contribution is -2.14. The summed E-state index contributed by atoms with van der Waals surface area (Å²) < 4.78 is 0.890. The second kappa shape index (κ2) is 6.54. The highest BCUT2D eigenvalue weighted by Crippen LogP contribution is 2.23. The third-order valence-corrected chi connectivity index (χ3v) is 3.74. The molecule has 0 saturated heterocycles. The van der Waals surface area contributed by atoms with Crippen molar-refractivity contribution in [3.05, 3.63) is 69.7 Å². The number of hydrogen-bond acceptors (Lipinski definition) is 2. The fourth-order valence-electron chi connectivity index (χ4n) is 2.06. The standard InChI is InChI=1S/C16H13BrO4/c17-13-7-5-11(6-8-13)14(16(20)21)9-10-1-3-12(4-2-10)15(18)19/h1-8,14H,9H2,(H,18,19)(H,20,21). The number of halogens is 1. The molecule has 0 aromatic heterocycles. The number of carboxylic acid groups (broad SMARTS) is 2. The van der Waals surface area contributed by atoms with E-state index in [-0.39, 0.29) is 5.56 Å². The van der Waals surface area contributed by atoms with Crippen LogP contribution >= 0.6 is 15.9 Å². The minimum Gasteiger partial charge on any atom is -0.481 e. The van der Waals surface area contributed by atoms with Crippen molar-refractivity contribution >= 4 is 27.9 Å². The molecule has 2 rings (SSSR count). The van der Waals surface area contributed by atoms with Gasteiger partial charge in [-0.2, -0.15) is 0 Å². The quantitative estimate of drug-likeness (QED) is 0.866. The van der Waals surface area contributed by atoms with Crippen LogP contribution in [0.3, 0.4) is 0 Å². The smallest absolute Gasteiger partial charge is 0.335 e. The number of hydrogen-bond donors (Lipinski definition) is 2. The van der Waals surface area contributed by atoms with Crippen LogP contribution in [-0.2, 0) is 11.2 Å². The van der Waals surface area contributed by atoms with Gasteiger partial charge in [0.15, 0.2) is 0 Å². The fraction of sp³-hybridized carbons (Fsp3) is 0.125. The van der Waals surface area contributed by atoms with Crippen LogP contribution in [0.25, 0.3) is 0 Å². The molecule has 0 aliphatic carbocycles. The second-order valence-electron chi connectivity index (χ2n) is 4.65. The molecule has 0 aliphatic rings. The maximum absolute atomic E-state index is 11.5. The van der Waals surface area contributed by atoms with E-state index in [1.807, 2.05) is 0 Å². The Morgan fingerprint density at radius 2 is 1.52 bits per heavy atom. The first-order valence-corrected chi connectivity index (χ1v) is 7.07. The van der Waals surface area contributed by atoms with Gasteiger partial charge < -0.3 is 10.2 Å². The normalized spacial score (nSPS) is 11.9. The molecule has 1 atom stereocenters. The van der Waals surface area contributed by atoms with Gasteiger partial charge in [-0.05, 0) is 41.8 Å². The summed E-state index contributed by atoms with van der Waals surface area (Å²) in [4.78, 5) is 22.3. The van der Waals surface area contributed by atoms with Crippen LogP contribution in [0.5, 0.6) is 0 Å². The minimum absolute atomic E-state index is 0.189. The first-order chi connectivity index (χ1) is 9.97. The van der Waals surface area contributed by atoms with E-state index in [1.165, 1.54) is 12.1 Å². The first-order valence-electron chi connectivity index (χ1n) is 6.28. The molecule has 2 aromatic rings. The molecule has 2 N–H and O–H groups in total. The molecule has 0 heterocycles. The van der Waals surface area contributed by atoms with Gasteiger partial charge in [0.1, 0.15) is 0 Å². The monoisotopic (exact) mass is 348 g/mol. The van der Waals surface area contributed by atoms with E-state index in [0.29, 0.717) is 12.0 Å². The van der Waals surface area contributed by atoms with Crippen LogP contribution in [0.2, 0.25) is 0 Å². The van der Waals surface area contributed by atoms with Gasteiger partial charge in [0, 0.05) is 4.47 Å². The molecule has 2 aromatic carbocycles. The van der Waals surface area contributed by atoms with Gasteiger partial charge >= 0.3 is 11.9 Å². The summed E-state index contributed by atoms with van der Waals surface area (Å²) in [6, 6.07) is 13.4. The van der Waals surface area contributed by atoms with Crippen LogP contribution in [-0.4, -0.2) is 22.2 Å². The predicted octanol–water partition coefficient (Wildman–Crippen LogP) is 3.56. The molecular formula is C16H13BrO4. The highest BCUT2D eigenvalue weighted by molar-refractivity contribution is 9.10. The number of aromatic carboxylic acids is 1. The molecule has 0 spiro atoms. The van der Waals surface area contributed by atoms with Crippen LogP contribution < -0.4 is 0 Å². The lowest BCUT2D eigenvalue weighted by atomic mass is 9.92. The predicted molar refractivity (Wildman–Crippen MR) is 81.6 cm³/mol. The van der Waals surface area contributed by atoms with E-state index in [9.17, 15) is 14.7 Å². The summed E-state index contributed by atoms with van der Waals surface area (Å²) in [6.07, 6.45) is 0.316. The van der Waals surface area contributed by atoms with Crippen LogP contribution in [0.15, 0.2) is 53.0 Å². The third-order valence-electron chi connectivity index (χ3n) is 3.21. The van der Waals surface area contributed by atoms with Crippen molar-refractivity contribution in [2.75, 3.05) is 0 Å². The Bertz CT molecular complexity index is 647. The van der Waals surface area contributed by atoms with Crippen molar-refractivity contribution < 1.29 is 19.8 Å². The van der Waals surface area contributed by atoms with Gasteiger partial charge in [0.25, 0.3) is 0 Å². The summed E-state index contributed by atoms with van der Waals surface area (Å²) >= 11 is 3.32. The molecule has 0 amide bonds. The molecule has 0 aliphatic heterocycles. The molecule has 108 valence electrons. The number of carboxylic acids is 2. The first kappa shape index (κ1) is 15.3. The van der Waals surface area contributed by atoms with E-state index in [0.717, 1.165) is 10.0 Å².